The van der Waals surface area contributed by atoms with Gasteiger partial charge in [-0.25, -0.2) is 4.98 Å². The zero-order chi connectivity index (χ0) is 20.8. The van der Waals surface area contributed by atoms with E-state index in [4.69, 9.17) is 18.9 Å². The molecular formula is C21H24N4O4. The van der Waals surface area contributed by atoms with Crippen molar-refractivity contribution < 1.29 is 18.9 Å². The van der Waals surface area contributed by atoms with E-state index >= 15 is 0 Å². The molecule has 3 rings (SSSR count). The second kappa shape index (κ2) is 9.01. The summed E-state index contributed by atoms with van der Waals surface area (Å²) in [6.07, 6.45) is 0. The molecule has 1 aromatic heterocycles. The maximum Gasteiger partial charge on any atom is 0.229 e. The number of aromatic nitrogens is 2. The average Bonchev–Trinajstić information content (AvgIpc) is 2.73. The van der Waals surface area contributed by atoms with Crippen molar-refractivity contribution in [3.8, 4) is 23.0 Å². The first-order valence-electron chi connectivity index (χ1n) is 8.90. The van der Waals surface area contributed by atoms with Crippen molar-refractivity contribution >= 4 is 23.1 Å². The maximum absolute atomic E-state index is 5.39. The third-order valence-corrected chi connectivity index (χ3v) is 4.14. The van der Waals surface area contributed by atoms with Crippen LogP contribution in [0.25, 0.3) is 0 Å². The van der Waals surface area contributed by atoms with Crippen LogP contribution in [-0.2, 0) is 0 Å². The lowest BCUT2D eigenvalue weighted by atomic mass is 10.2. The number of nitrogens with one attached hydrogen (secondary N) is 2. The standard InChI is InChI=1S/C21H24N4O4/c1-13-10-19(23-14-6-8-16(26-2)9-7-14)25-21(22-13)24-15-11-17(27-3)20(29-5)18(12-15)28-4/h6-12H,1-5H3,(H2,22,23,24,25). The van der Waals surface area contributed by atoms with Crippen molar-refractivity contribution in [3.63, 3.8) is 0 Å². The molecule has 0 radical (unpaired) electrons. The SMILES string of the molecule is COc1ccc(Nc2cc(C)nc(Nc3cc(OC)c(OC)c(OC)c3)n2)cc1. The molecule has 3 aromatic rings. The highest BCUT2D eigenvalue weighted by Gasteiger charge is 2.14. The van der Waals surface area contributed by atoms with Gasteiger partial charge < -0.3 is 29.6 Å². The summed E-state index contributed by atoms with van der Waals surface area (Å²) in [5.41, 5.74) is 2.41. The molecule has 0 spiro atoms. The maximum atomic E-state index is 5.39. The molecule has 8 nitrogen and oxygen atoms in total. The van der Waals surface area contributed by atoms with E-state index in [1.54, 1.807) is 40.6 Å². The third kappa shape index (κ3) is 4.78. The van der Waals surface area contributed by atoms with Gasteiger partial charge in [0, 0.05) is 35.3 Å². The fraction of sp³-hybridized carbons (Fsp3) is 0.238. The van der Waals surface area contributed by atoms with Crippen molar-refractivity contribution in [1.82, 2.24) is 9.97 Å². The van der Waals surface area contributed by atoms with E-state index in [0.29, 0.717) is 34.7 Å². The van der Waals surface area contributed by atoms with Crippen molar-refractivity contribution in [3.05, 3.63) is 48.2 Å². The first-order valence-corrected chi connectivity index (χ1v) is 8.90. The van der Waals surface area contributed by atoms with Crippen LogP contribution in [-0.4, -0.2) is 38.4 Å². The molecule has 0 aliphatic rings. The van der Waals surface area contributed by atoms with Crippen LogP contribution in [0.5, 0.6) is 23.0 Å². The van der Waals surface area contributed by atoms with E-state index in [-0.39, 0.29) is 0 Å². The van der Waals surface area contributed by atoms with E-state index < -0.39 is 0 Å². The summed E-state index contributed by atoms with van der Waals surface area (Å²) in [6, 6.07) is 13.1. The number of ether oxygens (including phenoxy) is 4. The highest BCUT2D eigenvalue weighted by atomic mass is 16.5. The van der Waals surface area contributed by atoms with Crippen LogP contribution in [0.1, 0.15) is 5.69 Å². The highest BCUT2D eigenvalue weighted by molar-refractivity contribution is 5.67. The molecule has 152 valence electrons. The fourth-order valence-corrected chi connectivity index (χ4v) is 2.79. The van der Waals surface area contributed by atoms with Crippen LogP contribution >= 0.6 is 0 Å². The van der Waals surface area contributed by atoms with Crippen LogP contribution in [0, 0.1) is 6.92 Å². The van der Waals surface area contributed by atoms with Gasteiger partial charge in [-0.1, -0.05) is 0 Å². The molecule has 0 aliphatic carbocycles. The second-order valence-corrected chi connectivity index (χ2v) is 6.11. The monoisotopic (exact) mass is 396 g/mol. The number of anilines is 4. The summed E-state index contributed by atoms with van der Waals surface area (Å²) >= 11 is 0. The van der Waals surface area contributed by atoms with Gasteiger partial charge in [-0.2, -0.15) is 4.98 Å². The molecule has 1 heterocycles. The highest BCUT2D eigenvalue weighted by Crippen LogP contribution is 2.40. The van der Waals surface area contributed by atoms with Crippen molar-refractivity contribution in [2.24, 2.45) is 0 Å². The quantitative estimate of drug-likeness (QED) is 0.583. The molecule has 0 fully saturated rings. The second-order valence-electron chi connectivity index (χ2n) is 6.11. The van der Waals surface area contributed by atoms with E-state index in [2.05, 4.69) is 20.6 Å². The average molecular weight is 396 g/mol. The molecule has 0 atom stereocenters. The van der Waals surface area contributed by atoms with E-state index in [1.165, 1.54) is 0 Å². The molecule has 2 aromatic carbocycles. The number of nitrogens with zero attached hydrogens (tertiary/aromatic N) is 2. The van der Waals surface area contributed by atoms with E-state index in [1.807, 2.05) is 37.3 Å². The Morgan fingerprint density at radius 3 is 1.90 bits per heavy atom. The van der Waals surface area contributed by atoms with Crippen LogP contribution in [0.2, 0.25) is 0 Å². The molecule has 0 unspecified atom stereocenters. The molecule has 0 amide bonds. The first kappa shape index (κ1) is 20.1. The summed E-state index contributed by atoms with van der Waals surface area (Å²) in [6.45, 7) is 1.90. The van der Waals surface area contributed by atoms with Crippen molar-refractivity contribution in [1.29, 1.82) is 0 Å². The predicted molar refractivity (Wildman–Crippen MR) is 112 cm³/mol. The lowest BCUT2D eigenvalue weighted by molar-refractivity contribution is 0.324. The van der Waals surface area contributed by atoms with E-state index in [9.17, 15) is 0 Å². The Labute approximate surface area is 169 Å². The van der Waals surface area contributed by atoms with Gasteiger partial charge in [-0.15, -0.1) is 0 Å². The van der Waals surface area contributed by atoms with Crippen LogP contribution in [0.15, 0.2) is 42.5 Å². The number of hydrogen-bond acceptors (Lipinski definition) is 8. The minimum Gasteiger partial charge on any atom is -0.497 e. The number of aryl methyl sites for hydroxylation is 1. The topological polar surface area (TPSA) is 86.8 Å². The molecule has 29 heavy (non-hydrogen) atoms. The van der Waals surface area contributed by atoms with Gasteiger partial charge >= 0.3 is 0 Å². The molecular weight excluding hydrogens is 372 g/mol. The van der Waals surface area contributed by atoms with Gasteiger partial charge in [0.15, 0.2) is 11.5 Å². The number of rotatable bonds is 8. The summed E-state index contributed by atoms with van der Waals surface area (Å²) in [5, 5.41) is 6.46. The summed E-state index contributed by atoms with van der Waals surface area (Å²) < 4.78 is 21.3. The Bertz CT molecular complexity index is 952. The smallest absolute Gasteiger partial charge is 0.229 e. The minimum atomic E-state index is 0.440. The number of methoxy groups -OCH3 is 4. The van der Waals surface area contributed by atoms with Crippen LogP contribution in [0.3, 0.4) is 0 Å². The Morgan fingerprint density at radius 1 is 0.690 bits per heavy atom. The summed E-state index contributed by atoms with van der Waals surface area (Å²) in [7, 11) is 6.34. The molecule has 0 bridgehead atoms. The van der Waals surface area contributed by atoms with E-state index in [0.717, 1.165) is 17.1 Å². The fourth-order valence-electron chi connectivity index (χ4n) is 2.79. The van der Waals surface area contributed by atoms with Gasteiger partial charge in [0.2, 0.25) is 11.7 Å². The largest absolute Gasteiger partial charge is 0.497 e. The Balaban J connectivity index is 1.86. The van der Waals surface area contributed by atoms with Crippen molar-refractivity contribution in [2.75, 3.05) is 39.1 Å². The molecule has 0 saturated heterocycles. The zero-order valence-corrected chi connectivity index (χ0v) is 17.1. The minimum absolute atomic E-state index is 0.440. The number of hydrogen-bond donors (Lipinski definition) is 2. The summed E-state index contributed by atoms with van der Waals surface area (Å²) in [4.78, 5) is 9.00. The van der Waals surface area contributed by atoms with Gasteiger partial charge in [0.05, 0.1) is 28.4 Å². The molecule has 8 heteroatoms. The van der Waals surface area contributed by atoms with Gasteiger partial charge in [0.1, 0.15) is 11.6 Å². The molecule has 0 aliphatic heterocycles. The van der Waals surface area contributed by atoms with Crippen molar-refractivity contribution in [2.45, 2.75) is 6.92 Å². The van der Waals surface area contributed by atoms with Crippen LogP contribution < -0.4 is 29.6 Å². The molecule has 2 N–H and O–H groups in total. The first-order chi connectivity index (χ1) is 14.1. The Kier molecular flexibility index (Phi) is 6.23. The lowest BCUT2D eigenvalue weighted by Gasteiger charge is -2.15. The van der Waals surface area contributed by atoms with Crippen LogP contribution in [0.4, 0.5) is 23.1 Å². The Morgan fingerprint density at radius 2 is 1.34 bits per heavy atom. The Hall–Kier alpha value is -3.68. The number of benzene rings is 2. The van der Waals surface area contributed by atoms with Gasteiger partial charge in [0.25, 0.3) is 0 Å². The third-order valence-electron chi connectivity index (χ3n) is 4.14. The zero-order valence-electron chi connectivity index (χ0n) is 17.1. The van der Waals surface area contributed by atoms with Gasteiger partial charge in [-0.3, -0.25) is 0 Å². The summed E-state index contributed by atoms with van der Waals surface area (Å²) in [5.74, 6) is 3.50. The predicted octanol–water partition coefficient (Wildman–Crippen LogP) is 4.31. The molecule has 0 saturated carbocycles. The lowest BCUT2D eigenvalue weighted by Crippen LogP contribution is -2.03. The van der Waals surface area contributed by atoms with Gasteiger partial charge in [-0.05, 0) is 31.2 Å². The normalized spacial score (nSPS) is 10.2.